The molecule has 9 heteroatoms. The van der Waals surface area contributed by atoms with E-state index < -0.39 is 53.2 Å². The Bertz CT molecular complexity index is 1220. The van der Waals surface area contributed by atoms with E-state index in [1.807, 2.05) is 51.1 Å². The van der Waals surface area contributed by atoms with Gasteiger partial charge in [0.05, 0.1) is 18.7 Å². The number of carbonyl (C=O) groups excluding carboxylic acids is 1. The molecule has 2 aromatic rings. The molecule has 2 aromatic carbocycles. The fourth-order valence-corrected chi connectivity index (χ4v) is 6.87. The van der Waals surface area contributed by atoms with Gasteiger partial charge in [0, 0.05) is 29.5 Å². The first-order valence-electron chi connectivity index (χ1n) is 14.4. The van der Waals surface area contributed by atoms with Gasteiger partial charge in [-0.25, -0.2) is 4.79 Å². The summed E-state index contributed by atoms with van der Waals surface area (Å²) in [5, 5.41) is 14.2. The first kappa shape index (κ1) is 30.9. The monoisotopic (exact) mass is 574 g/mol. The summed E-state index contributed by atoms with van der Waals surface area (Å²) in [4.78, 5) is 28.8. The second-order valence-corrected chi connectivity index (χ2v) is 12.5. The Hall–Kier alpha value is -3.07. The second kappa shape index (κ2) is 12.0. The van der Waals surface area contributed by atoms with Crippen molar-refractivity contribution in [3.63, 3.8) is 0 Å². The molecule has 1 aliphatic carbocycles. The molecule has 1 amide bonds. The molecule has 0 aromatic heterocycles. The van der Waals surface area contributed by atoms with Crippen LogP contribution in [0.15, 0.2) is 48.5 Å². The molecule has 224 valence electrons. The van der Waals surface area contributed by atoms with E-state index in [-0.39, 0.29) is 11.8 Å². The molecule has 1 saturated heterocycles. The number of carboxylic acids is 1. The molecule has 2 N–H and O–H groups in total. The minimum Gasteiger partial charge on any atom is -0.496 e. The zero-order valence-electron chi connectivity index (χ0n) is 24.4. The Labute approximate surface area is 240 Å². The molecule has 4 rings (SSSR count). The molecule has 0 bridgehead atoms. The van der Waals surface area contributed by atoms with Gasteiger partial charge in [0.2, 0.25) is 5.91 Å². The molecular formula is C32H41F3N2O4. The van der Waals surface area contributed by atoms with E-state index in [1.165, 1.54) is 13.2 Å². The van der Waals surface area contributed by atoms with E-state index in [0.717, 1.165) is 49.8 Å². The van der Waals surface area contributed by atoms with E-state index in [4.69, 9.17) is 4.74 Å². The van der Waals surface area contributed by atoms with E-state index in [9.17, 15) is 27.9 Å². The fourth-order valence-electron chi connectivity index (χ4n) is 6.87. The number of nitrogens with zero attached hydrogens (tertiary/aromatic N) is 1. The number of nitrogens with one attached hydrogen (secondary N) is 1. The number of halogens is 3. The molecule has 2 aliphatic rings. The van der Waals surface area contributed by atoms with Gasteiger partial charge in [0.1, 0.15) is 11.8 Å². The van der Waals surface area contributed by atoms with Crippen LogP contribution in [-0.2, 0) is 15.8 Å². The molecule has 5 unspecified atom stereocenters. The van der Waals surface area contributed by atoms with Crippen LogP contribution in [0.2, 0.25) is 0 Å². The van der Waals surface area contributed by atoms with Gasteiger partial charge in [-0.15, -0.1) is 0 Å². The van der Waals surface area contributed by atoms with Gasteiger partial charge in [0.15, 0.2) is 0 Å². The van der Waals surface area contributed by atoms with Crippen molar-refractivity contribution in [1.29, 1.82) is 0 Å². The van der Waals surface area contributed by atoms with E-state index in [2.05, 4.69) is 5.32 Å². The lowest BCUT2D eigenvalue weighted by atomic mass is 9.72. The van der Waals surface area contributed by atoms with Crippen LogP contribution in [0.3, 0.4) is 0 Å². The summed E-state index contributed by atoms with van der Waals surface area (Å²) in [6.07, 6.45) is -0.187. The number of amides is 1. The molecule has 41 heavy (non-hydrogen) atoms. The minimum atomic E-state index is -4.54. The van der Waals surface area contributed by atoms with Gasteiger partial charge in [-0.05, 0) is 48.9 Å². The number of aliphatic carboxylic acids is 1. The summed E-state index contributed by atoms with van der Waals surface area (Å²) in [6, 6.07) is 9.77. The summed E-state index contributed by atoms with van der Waals surface area (Å²) >= 11 is 0. The van der Waals surface area contributed by atoms with E-state index in [1.54, 1.807) is 11.8 Å². The average molecular weight is 575 g/mol. The molecule has 1 aliphatic heterocycles. The van der Waals surface area contributed by atoms with Gasteiger partial charge in [0.25, 0.3) is 0 Å². The number of benzene rings is 2. The number of hydrogen-bond acceptors (Lipinski definition) is 4. The standard InChI is InChI=1S/C32H41F3N2O4/c1-19(23-18-22(32(33,34)35)16-17-24(23)41-5)36-26-25(31(2,3)4)28(30(39)40)37(27(26)20-12-8-6-9-13-20)29(38)21-14-10-7-11-15-21/h6,8-9,12-13,16-19,21,25-28,36H,7,10-11,14-15H2,1-5H3,(H,39,40). The second-order valence-electron chi connectivity index (χ2n) is 12.5. The van der Waals surface area contributed by atoms with Crippen LogP contribution < -0.4 is 10.1 Å². The molecular weight excluding hydrogens is 533 g/mol. The molecule has 0 spiro atoms. The number of likely N-dealkylation sites (tertiary alicyclic amines) is 1. The van der Waals surface area contributed by atoms with E-state index in [0.29, 0.717) is 11.3 Å². The molecule has 5 atom stereocenters. The zero-order valence-corrected chi connectivity index (χ0v) is 24.4. The highest BCUT2D eigenvalue weighted by Gasteiger charge is 2.58. The maximum Gasteiger partial charge on any atom is 0.416 e. The lowest BCUT2D eigenvalue weighted by Gasteiger charge is -2.37. The molecule has 2 fully saturated rings. The summed E-state index contributed by atoms with van der Waals surface area (Å²) in [5.74, 6) is -1.74. The third-order valence-electron chi connectivity index (χ3n) is 8.74. The minimum absolute atomic E-state index is 0.159. The SMILES string of the molecule is COc1ccc(C(F)(F)F)cc1C(C)NC1C(c2ccccc2)N(C(=O)C2CCCCC2)C(C(=O)O)C1C(C)(C)C. The van der Waals surface area contributed by atoms with E-state index >= 15 is 0 Å². The summed E-state index contributed by atoms with van der Waals surface area (Å²) < 4.78 is 46.4. The highest BCUT2D eigenvalue weighted by Crippen LogP contribution is 2.50. The Kier molecular flexibility index (Phi) is 9.07. The van der Waals surface area contributed by atoms with Crippen molar-refractivity contribution in [2.75, 3.05) is 7.11 Å². The summed E-state index contributed by atoms with van der Waals surface area (Å²) in [6.45, 7) is 7.61. The van der Waals surface area contributed by atoms with Gasteiger partial charge in [-0.3, -0.25) is 4.79 Å². The van der Waals surface area contributed by atoms with Gasteiger partial charge in [-0.2, -0.15) is 13.2 Å². The average Bonchev–Trinajstić information content (AvgIpc) is 3.28. The number of methoxy groups -OCH3 is 1. The van der Waals surface area contributed by atoms with Crippen molar-refractivity contribution in [3.05, 3.63) is 65.2 Å². The highest BCUT2D eigenvalue weighted by molar-refractivity contribution is 5.87. The summed E-state index contributed by atoms with van der Waals surface area (Å²) in [7, 11) is 1.41. The maximum atomic E-state index is 14.2. The molecule has 1 heterocycles. The smallest absolute Gasteiger partial charge is 0.416 e. The van der Waals surface area contributed by atoms with Crippen LogP contribution in [-0.4, -0.2) is 41.1 Å². The lowest BCUT2D eigenvalue weighted by molar-refractivity contribution is -0.154. The quantitative estimate of drug-likeness (QED) is 0.372. The van der Waals surface area contributed by atoms with Crippen LogP contribution in [0.1, 0.15) is 88.6 Å². The predicted octanol–water partition coefficient (Wildman–Crippen LogP) is 7.01. The van der Waals surface area contributed by atoms with Crippen molar-refractivity contribution < 1.29 is 32.6 Å². The first-order valence-corrected chi connectivity index (χ1v) is 14.4. The number of alkyl halides is 3. The Morgan fingerprint density at radius 2 is 1.66 bits per heavy atom. The fraction of sp³-hybridized carbons (Fsp3) is 0.562. The summed E-state index contributed by atoms with van der Waals surface area (Å²) in [5.41, 5.74) is -0.258. The van der Waals surface area contributed by atoms with Crippen LogP contribution >= 0.6 is 0 Å². The highest BCUT2D eigenvalue weighted by atomic mass is 19.4. The van der Waals surface area contributed by atoms with Gasteiger partial charge in [-0.1, -0.05) is 70.4 Å². The topological polar surface area (TPSA) is 78.9 Å². The zero-order chi connectivity index (χ0) is 30.1. The third-order valence-corrected chi connectivity index (χ3v) is 8.74. The number of carboxylic acid groups (broad SMARTS) is 1. The maximum absolute atomic E-state index is 14.2. The van der Waals surface area contributed by atoms with Crippen LogP contribution in [0.4, 0.5) is 13.2 Å². The Morgan fingerprint density at radius 1 is 1.02 bits per heavy atom. The van der Waals surface area contributed by atoms with Crippen molar-refractivity contribution >= 4 is 11.9 Å². The van der Waals surface area contributed by atoms with Crippen molar-refractivity contribution in [3.8, 4) is 5.75 Å². The molecule has 1 saturated carbocycles. The Morgan fingerprint density at radius 3 is 2.20 bits per heavy atom. The Balaban J connectivity index is 1.85. The van der Waals surface area contributed by atoms with Crippen molar-refractivity contribution in [1.82, 2.24) is 10.2 Å². The predicted molar refractivity (Wildman–Crippen MR) is 150 cm³/mol. The number of hydrogen-bond donors (Lipinski definition) is 2. The van der Waals surface area contributed by atoms with Crippen LogP contribution in [0.25, 0.3) is 0 Å². The normalized spacial score (nSPS) is 24.7. The van der Waals surface area contributed by atoms with Gasteiger partial charge >= 0.3 is 12.1 Å². The number of ether oxygens (including phenoxy) is 1. The molecule has 6 nitrogen and oxygen atoms in total. The number of rotatable bonds is 7. The van der Waals surface area contributed by atoms with Crippen molar-refractivity contribution in [2.45, 2.75) is 90.1 Å². The largest absolute Gasteiger partial charge is 0.496 e. The van der Waals surface area contributed by atoms with Crippen molar-refractivity contribution in [2.24, 2.45) is 17.3 Å². The van der Waals surface area contributed by atoms with Gasteiger partial charge < -0.3 is 20.1 Å². The lowest BCUT2D eigenvalue weighted by Crippen LogP contribution is -2.49. The van der Waals surface area contributed by atoms with Crippen LogP contribution in [0.5, 0.6) is 5.75 Å². The number of carbonyl (C=O) groups is 2. The first-order chi connectivity index (χ1) is 19.3. The van der Waals surface area contributed by atoms with Crippen LogP contribution in [0, 0.1) is 17.3 Å². The molecule has 0 radical (unpaired) electrons. The third kappa shape index (κ3) is 6.40.